The van der Waals surface area contributed by atoms with Gasteiger partial charge in [0.2, 0.25) is 0 Å². The van der Waals surface area contributed by atoms with Crippen LogP contribution < -0.4 is 10.1 Å². The maximum atomic E-state index is 5.81. The standard InChI is InChI=1S/C14H14INO/c1-16-10-11-6-8-12(9-7-11)17-14-5-3-2-4-13(14)15/h2-9,16H,10H2,1H3. The van der Waals surface area contributed by atoms with Crippen molar-refractivity contribution in [2.45, 2.75) is 6.54 Å². The molecule has 0 unspecified atom stereocenters. The maximum absolute atomic E-state index is 5.81. The lowest BCUT2D eigenvalue weighted by molar-refractivity contribution is 0.479. The summed E-state index contributed by atoms with van der Waals surface area (Å²) in [6.07, 6.45) is 0. The lowest BCUT2D eigenvalue weighted by atomic mass is 10.2. The van der Waals surface area contributed by atoms with Gasteiger partial charge in [-0.3, -0.25) is 0 Å². The summed E-state index contributed by atoms with van der Waals surface area (Å²) in [5.41, 5.74) is 1.25. The van der Waals surface area contributed by atoms with Gasteiger partial charge in [-0.15, -0.1) is 0 Å². The topological polar surface area (TPSA) is 21.3 Å². The highest BCUT2D eigenvalue weighted by molar-refractivity contribution is 14.1. The second-order valence-corrected chi connectivity index (χ2v) is 4.87. The minimum Gasteiger partial charge on any atom is -0.456 e. The van der Waals surface area contributed by atoms with Gasteiger partial charge in [-0.05, 0) is 59.5 Å². The van der Waals surface area contributed by atoms with Crippen molar-refractivity contribution >= 4 is 22.6 Å². The van der Waals surface area contributed by atoms with E-state index in [4.69, 9.17) is 4.74 Å². The van der Waals surface area contributed by atoms with Crippen LogP contribution in [0.4, 0.5) is 0 Å². The van der Waals surface area contributed by atoms with Crippen molar-refractivity contribution in [1.82, 2.24) is 5.32 Å². The minimum absolute atomic E-state index is 0.869. The SMILES string of the molecule is CNCc1ccc(Oc2ccccc2I)cc1. The van der Waals surface area contributed by atoms with E-state index in [2.05, 4.69) is 40.0 Å². The van der Waals surface area contributed by atoms with Crippen LogP contribution in [0, 0.1) is 3.57 Å². The van der Waals surface area contributed by atoms with Gasteiger partial charge in [0.05, 0.1) is 3.57 Å². The van der Waals surface area contributed by atoms with Gasteiger partial charge in [-0.25, -0.2) is 0 Å². The summed E-state index contributed by atoms with van der Waals surface area (Å²) in [6, 6.07) is 16.1. The summed E-state index contributed by atoms with van der Waals surface area (Å²) in [4.78, 5) is 0. The van der Waals surface area contributed by atoms with Crippen LogP contribution in [0.5, 0.6) is 11.5 Å². The lowest BCUT2D eigenvalue weighted by Gasteiger charge is -2.08. The fourth-order valence-electron chi connectivity index (χ4n) is 1.53. The zero-order valence-electron chi connectivity index (χ0n) is 9.61. The molecule has 2 rings (SSSR count). The number of nitrogens with one attached hydrogen (secondary N) is 1. The van der Waals surface area contributed by atoms with Crippen LogP contribution in [-0.2, 0) is 6.54 Å². The van der Waals surface area contributed by atoms with E-state index in [1.165, 1.54) is 5.56 Å². The average molecular weight is 339 g/mol. The maximum Gasteiger partial charge on any atom is 0.140 e. The summed E-state index contributed by atoms with van der Waals surface area (Å²) in [7, 11) is 1.94. The van der Waals surface area contributed by atoms with Gasteiger partial charge in [0.25, 0.3) is 0 Å². The highest BCUT2D eigenvalue weighted by Gasteiger charge is 2.01. The van der Waals surface area contributed by atoms with Gasteiger partial charge in [0.15, 0.2) is 0 Å². The summed E-state index contributed by atoms with van der Waals surface area (Å²) in [6.45, 7) is 0.878. The van der Waals surface area contributed by atoms with E-state index >= 15 is 0 Å². The molecule has 0 aromatic heterocycles. The molecule has 0 fully saturated rings. The lowest BCUT2D eigenvalue weighted by Crippen LogP contribution is -2.04. The van der Waals surface area contributed by atoms with E-state index in [1.54, 1.807) is 0 Å². The Morgan fingerprint density at radius 1 is 1.06 bits per heavy atom. The largest absolute Gasteiger partial charge is 0.456 e. The van der Waals surface area contributed by atoms with Gasteiger partial charge in [0, 0.05) is 6.54 Å². The molecule has 0 aliphatic carbocycles. The molecule has 3 heteroatoms. The molecule has 0 saturated heterocycles. The van der Waals surface area contributed by atoms with Gasteiger partial charge in [-0.1, -0.05) is 24.3 Å². The van der Waals surface area contributed by atoms with Crippen LogP contribution >= 0.6 is 22.6 Å². The van der Waals surface area contributed by atoms with Crippen LogP contribution in [-0.4, -0.2) is 7.05 Å². The molecule has 0 bridgehead atoms. The minimum atomic E-state index is 0.869. The number of hydrogen-bond acceptors (Lipinski definition) is 2. The molecular formula is C14H14INO. The molecule has 0 radical (unpaired) electrons. The fourth-order valence-corrected chi connectivity index (χ4v) is 2.03. The third-order valence-corrected chi connectivity index (χ3v) is 3.26. The number of benzene rings is 2. The number of ether oxygens (including phenoxy) is 1. The van der Waals surface area contributed by atoms with E-state index in [-0.39, 0.29) is 0 Å². The molecule has 0 aliphatic rings. The molecule has 1 N–H and O–H groups in total. The number of para-hydroxylation sites is 1. The first-order valence-electron chi connectivity index (χ1n) is 5.45. The Kier molecular flexibility index (Phi) is 4.39. The van der Waals surface area contributed by atoms with Crippen molar-refractivity contribution in [1.29, 1.82) is 0 Å². The molecular weight excluding hydrogens is 325 g/mol. The van der Waals surface area contributed by atoms with Gasteiger partial charge in [-0.2, -0.15) is 0 Å². The van der Waals surface area contributed by atoms with Crippen LogP contribution in [0.2, 0.25) is 0 Å². The van der Waals surface area contributed by atoms with E-state index in [9.17, 15) is 0 Å². The third-order valence-electron chi connectivity index (χ3n) is 2.37. The van der Waals surface area contributed by atoms with Crippen molar-refractivity contribution in [3.63, 3.8) is 0 Å². The quantitative estimate of drug-likeness (QED) is 0.856. The van der Waals surface area contributed by atoms with Crippen LogP contribution in [0.1, 0.15) is 5.56 Å². The Hall–Kier alpha value is -1.07. The van der Waals surface area contributed by atoms with Crippen LogP contribution in [0.25, 0.3) is 0 Å². The highest BCUT2D eigenvalue weighted by atomic mass is 127. The number of halogens is 1. The third kappa shape index (κ3) is 3.44. The highest BCUT2D eigenvalue weighted by Crippen LogP contribution is 2.26. The predicted octanol–water partition coefficient (Wildman–Crippen LogP) is 3.80. The summed E-state index contributed by atoms with van der Waals surface area (Å²) >= 11 is 2.27. The van der Waals surface area contributed by atoms with Crippen LogP contribution in [0.15, 0.2) is 48.5 Å². The summed E-state index contributed by atoms with van der Waals surface area (Å²) in [5, 5.41) is 3.12. The summed E-state index contributed by atoms with van der Waals surface area (Å²) < 4.78 is 6.93. The Labute approximate surface area is 115 Å². The predicted molar refractivity (Wildman–Crippen MR) is 78.4 cm³/mol. The van der Waals surface area contributed by atoms with E-state index in [0.29, 0.717) is 0 Å². The Balaban J connectivity index is 2.11. The second-order valence-electron chi connectivity index (χ2n) is 3.71. The normalized spacial score (nSPS) is 10.2. The molecule has 2 aromatic carbocycles. The first-order valence-corrected chi connectivity index (χ1v) is 6.53. The number of hydrogen-bond donors (Lipinski definition) is 1. The molecule has 2 nitrogen and oxygen atoms in total. The monoisotopic (exact) mass is 339 g/mol. The van der Waals surface area contributed by atoms with Crippen molar-refractivity contribution in [2.24, 2.45) is 0 Å². The van der Waals surface area contributed by atoms with Gasteiger partial charge < -0.3 is 10.1 Å². The average Bonchev–Trinajstić information content (AvgIpc) is 2.35. The molecule has 0 heterocycles. The van der Waals surface area contributed by atoms with E-state index < -0.39 is 0 Å². The molecule has 88 valence electrons. The zero-order chi connectivity index (χ0) is 12.1. The first kappa shape index (κ1) is 12.4. The number of rotatable bonds is 4. The van der Waals surface area contributed by atoms with E-state index in [1.807, 2.05) is 43.4 Å². The Morgan fingerprint density at radius 3 is 2.41 bits per heavy atom. The van der Waals surface area contributed by atoms with Crippen molar-refractivity contribution < 1.29 is 4.74 Å². The fraction of sp³-hybridized carbons (Fsp3) is 0.143. The van der Waals surface area contributed by atoms with Crippen molar-refractivity contribution in [3.05, 3.63) is 57.7 Å². The molecule has 0 atom stereocenters. The van der Waals surface area contributed by atoms with Gasteiger partial charge in [0.1, 0.15) is 11.5 Å². The molecule has 0 aliphatic heterocycles. The summed E-state index contributed by atoms with van der Waals surface area (Å²) in [5.74, 6) is 1.77. The molecule has 0 amide bonds. The first-order chi connectivity index (χ1) is 8.29. The van der Waals surface area contributed by atoms with Crippen molar-refractivity contribution in [3.8, 4) is 11.5 Å². The molecule has 2 aromatic rings. The second kappa shape index (κ2) is 6.02. The smallest absolute Gasteiger partial charge is 0.140 e. The molecule has 0 spiro atoms. The van der Waals surface area contributed by atoms with Gasteiger partial charge >= 0.3 is 0 Å². The Bertz CT molecular complexity index is 482. The Morgan fingerprint density at radius 2 is 1.76 bits per heavy atom. The molecule has 0 saturated carbocycles. The van der Waals surface area contributed by atoms with E-state index in [0.717, 1.165) is 21.6 Å². The van der Waals surface area contributed by atoms with Crippen LogP contribution in [0.3, 0.4) is 0 Å². The molecule has 17 heavy (non-hydrogen) atoms. The van der Waals surface area contributed by atoms with Crippen molar-refractivity contribution in [2.75, 3.05) is 7.05 Å². The zero-order valence-corrected chi connectivity index (χ0v) is 11.8.